The number of nitrogens with zero attached hydrogens (tertiary/aromatic N) is 2. The van der Waals surface area contributed by atoms with E-state index >= 15 is 0 Å². The quantitative estimate of drug-likeness (QED) is 0.601. The molecule has 1 unspecified atom stereocenters. The van der Waals surface area contributed by atoms with Gasteiger partial charge in [-0.1, -0.05) is 6.07 Å². The Morgan fingerprint density at radius 1 is 1.48 bits per heavy atom. The zero-order chi connectivity index (χ0) is 15.2. The van der Waals surface area contributed by atoms with E-state index in [9.17, 15) is 15.2 Å². The van der Waals surface area contributed by atoms with Crippen LogP contribution in [0.4, 0.5) is 11.4 Å². The van der Waals surface area contributed by atoms with Crippen LogP contribution in [0.1, 0.15) is 5.56 Å². The Bertz CT molecular complexity index is 489. The molecule has 1 aromatic rings. The maximum Gasteiger partial charge on any atom is 0.292 e. The molecule has 2 rings (SSSR count). The van der Waals surface area contributed by atoms with Gasteiger partial charge < -0.3 is 15.2 Å². The van der Waals surface area contributed by atoms with Crippen LogP contribution in [0, 0.1) is 17.0 Å². The first-order valence-electron chi connectivity index (χ1n) is 7.03. The predicted molar refractivity (Wildman–Crippen MR) is 79.6 cm³/mol. The maximum absolute atomic E-state index is 11.0. The molecule has 0 bridgehead atoms. The Balaban J connectivity index is 1.89. The molecule has 7 nitrogen and oxygen atoms in total. The fraction of sp³-hybridized carbons (Fsp3) is 0.571. The minimum Gasteiger partial charge on any atom is -0.390 e. The molecule has 0 radical (unpaired) electrons. The summed E-state index contributed by atoms with van der Waals surface area (Å²) in [5, 5.41) is 24.0. The van der Waals surface area contributed by atoms with E-state index in [4.69, 9.17) is 4.74 Å². The zero-order valence-electron chi connectivity index (χ0n) is 12.1. The lowest BCUT2D eigenvalue weighted by Crippen LogP contribution is -2.42. The van der Waals surface area contributed by atoms with E-state index in [1.807, 2.05) is 6.92 Å². The van der Waals surface area contributed by atoms with Crippen molar-refractivity contribution in [3.8, 4) is 0 Å². The lowest BCUT2D eigenvalue weighted by Gasteiger charge is -2.28. The Morgan fingerprint density at radius 2 is 2.19 bits per heavy atom. The largest absolute Gasteiger partial charge is 0.390 e. The third-order valence-corrected chi connectivity index (χ3v) is 3.45. The summed E-state index contributed by atoms with van der Waals surface area (Å²) in [6, 6.07) is 4.90. The molecule has 0 amide bonds. The lowest BCUT2D eigenvalue weighted by atomic mass is 10.2. The standard InChI is InChI=1S/C14H21N3O4/c1-11-2-3-14(17(19)20)13(8-11)15-9-12(18)10-16-4-6-21-7-5-16/h2-3,8,12,15,18H,4-7,9-10H2,1H3. The molecule has 0 aliphatic carbocycles. The fourth-order valence-corrected chi connectivity index (χ4v) is 2.32. The van der Waals surface area contributed by atoms with Crippen molar-refractivity contribution in [1.29, 1.82) is 0 Å². The minimum atomic E-state index is -0.580. The average molecular weight is 295 g/mol. The van der Waals surface area contributed by atoms with Gasteiger partial charge >= 0.3 is 0 Å². The summed E-state index contributed by atoms with van der Waals surface area (Å²) in [5.74, 6) is 0. The third-order valence-electron chi connectivity index (χ3n) is 3.45. The Labute approximate surface area is 123 Å². The summed E-state index contributed by atoms with van der Waals surface area (Å²) in [6.07, 6.45) is -0.580. The Morgan fingerprint density at radius 3 is 2.86 bits per heavy atom. The van der Waals surface area contributed by atoms with Crippen LogP contribution in [-0.2, 0) is 4.74 Å². The number of anilines is 1. The van der Waals surface area contributed by atoms with Crippen LogP contribution in [0.3, 0.4) is 0 Å². The van der Waals surface area contributed by atoms with Crippen molar-refractivity contribution in [2.45, 2.75) is 13.0 Å². The van der Waals surface area contributed by atoms with E-state index in [0.29, 0.717) is 25.4 Å². The van der Waals surface area contributed by atoms with Crippen LogP contribution in [-0.4, -0.2) is 60.4 Å². The van der Waals surface area contributed by atoms with E-state index in [1.165, 1.54) is 6.07 Å². The maximum atomic E-state index is 11.0. The lowest BCUT2D eigenvalue weighted by molar-refractivity contribution is -0.384. The number of benzene rings is 1. The molecule has 1 heterocycles. The molecule has 1 saturated heterocycles. The first-order valence-corrected chi connectivity index (χ1v) is 7.03. The molecular formula is C14H21N3O4. The van der Waals surface area contributed by atoms with E-state index in [-0.39, 0.29) is 12.2 Å². The van der Waals surface area contributed by atoms with Gasteiger partial charge in [-0.25, -0.2) is 0 Å². The molecule has 1 atom stereocenters. The normalized spacial score (nSPS) is 17.4. The number of aliphatic hydroxyl groups is 1. The summed E-state index contributed by atoms with van der Waals surface area (Å²) < 4.78 is 5.25. The fourth-order valence-electron chi connectivity index (χ4n) is 2.32. The molecule has 0 spiro atoms. The molecule has 21 heavy (non-hydrogen) atoms. The molecule has 1 aliphatic heterocycles. The molecule has 2 N–H and O–H groups in total. The molecule has 116 valence electrons. The molecule has 1 fully saturated rings. The predicted octanol–water partition coefficient (Wildman–Crippen LogP) is 1.01. The van der Waals surface area contributed by atoms with Gasteiger partial charge in [-0.15, -0.1) is 0 Å². The second kappa shape index (κ2) is 7.35. The number of nitrogens with one attached hydrogen (secondary N) is 1. The van der Waals surface area contributed by atoms with E-state index < -0.39 is 11.0 Å². The molecule has 1 aromatic carbocycles. The number of morpholine rings is 1. The van der Waals surface area contributed by atoms with Crippen LogP contribution < -0.4 is 5.32 Å². The number of β-amino-alcohol motifs (C(OH)–C–C–N with tert-alkyl or cyclic N) is 1. The van der Waals surface area contributed by atoms with E-state index in [1.54, 1.807) is 12.1 Å². The van der Waals surface area contributed by atoms with Gasteiger partial charge in [-0.2, -0.15) is 0 Å². The first-order chi connectivity index (χ1) is 10.1. The first kappa shape index (κ1) is 15.7. The monoisotopic (exact) mass is 295 g/mol. The number of hydrogen-bond acceptors (Lipinski definition) is 6. The second-order valence-corrected chi connectivity index (χ2v) is 5.23. The zero-order valence-corrected chi connectivity index (χ0v) is 12.1. The topological polar surface area (TPSA) is 87.9 Å². The van der Waals surface area contributed by atoms with Crippen molar-refractivity contribution < 1.29 is 14.8 Å². The minimum absolute atomic E-state index is 0.0270. The highest BCUT2D eigenvalue weighted by Gasteiger charge is 2.17. The van der Waals surface area contributed by atoms with Gasteiger partial charge in [-0.05, 0) is 18.6 Å². The second-order valence-electron chi connectivity index (χ2n) is 5.23. The smallest absolute Gasteiger partial charge is 0.292 e. The number of aryl methyl sites for hydroxylation is 1. The molecule has 0 saturated carbocycles. The molecular weight excluding hydrogens is 274 g/mol. The SMILES string of the molecule is Cc1ccc([N+](=O)[O-])c(NCC(O)CN2CCOCC2)c1. The van der Waals surface area contributed by atoms with E-state index in [2.05, 4.69) is 10.2 Å². The number of hydrogen-bond donors (Lipinski definition) is 2. The summed E-state index contributed by atoms with van der Waals surface area (Å²) in [6.45, 7) is 5.67. The number of ether oxygens (including phenoxy) is 1. The number of aliphatic hydroxyl groups excluding tert-OH is 1. The molecule has 0 aromatic heterocycles. The van der Waals surface area contributed by atoms with Gasteiger partial charge in [0.2, 0.25) is 0 Å². The highest BCUT2D eigenvalue weighted by molar-refractivity contribution is 5.62. The highest BCUT2D eigenvalue weighted by atomic mass is 16.6. The summed E-state index contributed by atoms with van der Waals surface area (Å²) in [5.41, 5.74) is 1.41. The van der Waals surface area contributed by atoms with Crippen LogP contribution >= 0.6 is 0 Å². The third kappa shape index (κ3) is 4.66. The van der Waals surface area contributed by atoms with Crippen LogP contribution in [0.5, 0.6) is 0 Å². The van der Waals surface area contributed by atoms with Crippen molar-refractivity contribution >= 4 is 11.4 Å². The average Bonchev–Trinajstić information content (AvgIpc) is 2.46. The van der Waals surface area contributed by atoms with Gasteiger partial charge in [0.05, 0.1) is 24.2 Å². The van der Waals surface area contributed by atoms with Gasteiger partial charge in [0.25, 0.3) is 5.69 Å². The number of rotatable bonds is 6. The van der Waals surface area contributed by atoms with Crippen molar-refractivity contribution in [1.82, 2.24) is 4.90 Å². The highest BCUT2D eigenvalue weighted by Crippen LogP contribution is 2.25. The van der Waals surface area contributed by atoms with Crippen LogP contribution in [0.25, 0.3) is 0 Å². The van der Waals surface area contributed by atoms with Crippen molar-refractivity contribution in [3.63, 3.8) is 0 Å². The summed E-state index contributed by atoms with van der Waals surface area (Å²) in [7, 11) is 0. The van der Waals surface area contributed by atoms with Crippen molar-refractivity contribution in [3.05, 3.63) is 33.9 Å². The molecule has 1 aliphatic rings. The van der Waals surface area contributed by atoms with Gasteiger partial charge in [-0.3, -0.25) is 15.0 Å². The Hall–Kier alpha value is -1.70. The van der Waals surface area contributed by atoms with Gasteiger partial charge in [0.15, 0.2) is 0 Å². The van der Waals surface area contributed by atoms with Crippen molar-refractivity contribution in [2.24, 2.45) is 0 Å². The van der Waals surface area contributed by atoms with E-state index in [0.717, 1.165) is 18.7 Å². The van der Waals surface area contributed by atoms with Crippen molar-refractivity contribution in [2.75, 3.05) is 44.7 Å². The van der Waals surface area contributed by atoms with Gasteiger partial charge in [0, 0.05) is 32.2 Å². The molecule has 7 heteroatoms. The van der Waals surface area contributed by atoms with Crippen LogP contribution in [0.2, 0.25) is 0 Å². The summed E-state index contributed by atoms with van der Waals surface area (Å²) >= 11 is 0. The summed E-state index contributed by atoms with van der Waals surface area (Å²) in [4.78, 5) is 12.7. The Kier molecular flexibility index (Phi) is 5.49. The van der Waals surface area contributed by atoms with Crippen LogP contribution in [0.15, 0.2) is 18.2 Å². The number of nitro groups is 1. The number of nitro benzene ring substituents is 1. The van der Waals surface area contributed by atoms with Gasteiger partial charge in [0.1, 0.15) is 5.69 Å².